The molecule has 0 unspecified atom stereocenters. The molecule has 0 aliphatic carbocycles. The van der Waals surface area contributed by atoms with Crippen LogP contribution in [0.5, 0.6) is 0 Å². The Morgan fingerprint density at radius 3 is 3.07 bits per heavy atom. The van der Waals surface area contributed by atoms with Gasteiger partial charge in [0.25, 0.3) is 0 Å². The molecule has 0 aliphatic rings. The molecule has 15 heavy (non-hydrogen) atoms. The van der Waals surface area contributed by atoms with Gasteiger partial charge in [0.05, 0.1) is 5.08 Å². The van der Waals surface area contributed by atoms with Crippen LogP contribution in [-0.4, -0.2) is 25.1 Å². The monoisotopic (exact) mass is 340 g/mol. The Labute approximate surface area is 113 Å². The largest absolute Gasteiger partial charge is 0.210 e. The van der Waals surface area contributed by atoms with Crippen LogP contribution < -0.4 is 0 Å². The summed E-state index contributed by atoms with van der Waals surface area (Å²) in [6.45, 7) is 0. The van der Waals surface area contributed by atoms with Gasteiger partial charge in [0.15, 0.2) is 4.34 Å². The molecular weight excluding hydrogens is 336 g/mol. The number of thioether (sulfide) groups is 3. The number of hydrogen-bond donors (Lipinski definition) is 0. The van der Waals surface area contributed by atoms with Crippen molar-refractivity contribution in [2.45, 2.75) is 4.34 Å². The van der Waals surface area contributed by atoms with Gasteiger partial charge in [-0.3, -0.25) is 0 Å². The topological polar surface area (TPSA) is 61.9 Å². The van der Waals surface area contributed by atoms with Crippen molar-refractivity contribution in [3.63, 3.8) is 0 Å². The molecule has 1 heterocycles. The standard InChI is InChI=1S/C6H5BrN4S4/c1-12-5(9-2-8)13-3-14-6-10-4(7)11-15-6/h3H2,1H3. The first-order valence-electron chi connectivity index (χ1n) is 3.52. The number of aromatic nitrogens is 2. The van der Waals surface area contributed by atoms with E-state index in [1.807, 2.05) is 6.26 Å². The van der Waals surface area contributed by atoms with Crippen LogP contribution in [0.25, 0.3) is 0 Å². The highest BCUT2D eigenvalue weighted by Gasteiger charge is 2.03. The van der Waals surface area contributed by atoms with E-state index in [1.54, 1.807) is 18.0 Å². The van der Waals surface area contributed by atoms with E-state index in [9.17, 15) is 0 Å². The van der Waals surface area contributed by atoms with Crippen LogP contribution in [0.3, 0.4) is 0 Å². The molecule has 0 saturated heterocycles. The first-order chi connectivity index (χ1) is 7.26. The predicted octanol–water partition coefficient (Wildman–Crippen LogP) is 3.28. The third-order valence-corrected chi connectivity index (χ3v) is 5.65. The average molecular weight is 341 g/mol. The quantitative estimate of drug-likeness (QED) is 0.276. The number of nitrogens with zero attached hydrogens (tertiary/aromatic N) is 4. The van der Waals surface area contributed by atoms with Crippen molar-refractivity contribution in [3.8, 4) is 6.19 Å². The third kappa shape index (κ3) is 5.21. The Kier molecular flexibility index (Phi) is 6.67. The minimum absolute atomic E-state index is 0.621. The third-order valence-electron chi connectivity index (χ3n) is 1.06. The normalized spacial score (nSPS) is 11.4. The molecular formula is C6H5BrN4S4. The fraction of sp³-hybridized carbons (Fsp3) is 0.333. The van der Waals surface area contributed by atoms with Gasteiger partial charge < -0.3 is 0 Å². The molecule has 0 aliphatic heterocycles. The minimum atomic E-state index is 0.621. The lowest BCUT2D eigenvalue weighted by Gasteiger charge is -1.97. The van der Waals surface area contributed by atoms with Crippen LogP contribution >= 0.6 is 62.7 Å². The summed E-state index contributed by atoms with van der Waals surface area (Å²) in [5.41, 5.74) is 0. The fourth-order valence-electron chi connectivity index (χ4n) is 0.559. The Morgan fingerprint density at radius 2 is 2.53 bits per heavy atom. The van der Waals surface area contributed by atoms with Crippen molar-refractivity contribution in [2.24, 2.45) is 4.99 Å². The van der Waals surface area contributed by atoms with E-state index in [1.165, 1.54) is 35.1 Å². The lowest BCUT2D eigenvalue weighted by Crippen LogP contribution is -1.83. The Balaban J connectivity index is 2.33. The number of rotatable bonds is 3. The number of hydrogen-bond acceptors (Lipinski definition) is 8. The van der Waals surface area contributed by atoms with Gasteiger partial charge in [-0.2, -0.15) is 14.6 Å². The zero-order valence-corrected chi connectivity index (χ0v) is 12.4. The second-order valence-corrected chi connectivity index (χ2v) is 6.98. The maximum atomic E-state index is 8.39. The summed E-state index contributed by atoms with van der Waals surface area (Å²) in [5, 5.41) is 9.17. The van der Waals surface area contributed by atoms with Gasteiger partial charge in [0.1, 0.15) is 4.38 Å². The Morgan fingerprint density at radius 1 is 1.73 bits per heavy atom. The van der Waals surface area contributed by atoms with Crippen LogP contribution in [0.4, 0.5) is 0 Å². The summed E-state index contributed by atoms with van der Waals surface area (Å²) in [7, 11) is 0. The second kappa shape index (κ2) is 7.51. The van der Waals surface area contributed by atoms with Crippen molar-refractivity contribution >= 4 is 67.1 Å². The SMILES string of the molecule is CSC(=NC#N)SCSc1nc(Br)ns1. The Hall–Kier alpha value is 0.250. The molecule has 1 rings (SSSR count). The molecule has 4 nitrogen and oxygen atoms in total. The maximum absolute atomic E-state index is 8.39. The van der Waals surface area contributed by atoms with Gasteiger partial charge in [0, 0.05) is 0 Å². The zero-order chi connectivity index (χ0) is 11.1. The van der Waals surface area contributed by atoms with Crippen molar-refractivity contribution in [1.82, 2.24) is 9.36 Å². The average Bonchev–Trinajstić information content (AvgIpc) is 2.63. The van der Waals surface area contributed by atoms with Gasteiger partial charge in [-0.1, -0.05) is 23.5 Å². The molecule has 9 heteroatoms. The van der Waals surface area contributed by atoms with Gasteiger partial charge in [-0.25, -0.2) is 4.98 Å². The molecule has 0 spiro atoms. The van der Waals surface area contributed by atoms with E-state index in [4.69, 9.17) is 5.26 Å². The van der Waals surface area contributed by atoms with Gasteiger partial charge in [0.2, 0.25) is 10.9 Å². The molecule has 0 amide bonds. The highest BCUT2D eigenvalue weighted by molar-refractivity contribution is 9.10. The molecule has 0 atom stereocenters. The molecule has 80 valence electrons. The van der Waals surface area contributed by atoms with Crippen LogP contribution in [-0.2, 0) is 0 Å². The highest BCUT2D eigenvalue weighted by Crippen LogP contribution is 2.27. The molecule has 0 aromatic carbocycles. The van der Waals surface area contributed by atoms with Crippen molar-refractivity contribution in [2.75, 3.05) is 11.3 Å². The van der Waals surface area contributed by atoms with E-state index >= 15 is 0 Å². The van der Waals surface area contributed by atoms with Crippen LogP contribution in [0.2, 0.25) is 0 Å². The molecule has 0 radical (unpaired) electrons. The van der Waals surface area contributed by atoms with E-state index in [0.717, 1.165) is 13.8 Å². The molecule has 0 fully saturated rings. The lowest BCUT2D eigenvalue weighted by molar-refractivity contribution is 1.17. The van der Waals surface area contributed by atoms with E-state index in [0.29, 0.717) is 4.73 Å². The molecule has 1 aromatic heterocycles. The predicted molar refractivity (Wildman–Crippen MR) is 72.5 cm³/mol. The van der Waals surface area contributed by atoms with E-state index in [-0.39, 0.29) is 0 Å². The number of nitriles is 1. The summed E-state index contributed by atoms with van der Waals surface area (Å²) in [6.07, 6.45) is 3.67. The number of aliphatic imine (C=N–C) groups is 1. The highest BCUT2D eigenvalue weighted by atomic mass is 79.9. The molecule has 0 N–H and O–H groups in total. The lowest BCUT2D eigenvalue weighted by atomic mass is 11.3. The second-order valence-electron chi connectivity index (χ2n) is 1.92. The summed E-state index contributed by atoms with van der Waals surface area (Å²) >= 11 is 9.12. The summed E-state index contributed by atoms with van der Waals surface area (Å²) in [6, 6.07) is 0. The minimum Gasteiger partial charge on any atom is -0.202 e. The summed E-state index contributed by atoms with van der Waals surface area (Å²) < 4.78 is 6.30. The molecule has 1 aromatic rings. The van der Waals surface area contributed by atoms with Gasteiger partial charge in [-0.05, 0) is 33.7 Å². The smallest absolute Gasteiger partial charge is 0.202 e. The van der Waals surface area contributed by atoms with Crippen LogP contribution in [0.1, 0.15) is 0 Å². The fourth-order valence-corrected chi connectivity index (χ4v) is 4.60. The summed E-state index contributed by atoms with van der Waals surface area (Å²) in [5.74, 6) is 0. The molecule has 0 bridgehead atoms. The first kappa shape index (κ1) is 13.3. The molecule has 0 saturated carbocycles. The van der Waals surface area contributed by atoms with Gasteiger partial charge in [-0.15, -0.1) is 11.8 Å². The summed E-state index contributed by atoms with van der Waals surface area (Å²) in [4.78, 5) is 7.81. The van der Waals surface area contributed by atoms with Gasteiger partial charge >= 0.3 is 0 Å². The van der Waals surface area contributed by atoms with Crippen LogP contribution in [0.15, 0.2) is 14.1 Å². The van der Waals surface area contributed by atoms with Crippen molar-refractivity contribution in [3.05, 3.63) is 4.73 Å². The number of halogens is 1. The van der Waals surface area contributed by atoms with Crippen molar-refractivity contribution < 1.29 is 0 Å². The Bertz CT molecular complexity index is 385. The van der Waals surface area contributed by atoms with Crippen molar-refractivity contribution in [1.29, 1.82) is 5.26 Å². The first-order valence-corrected chi connectivity index (χ1v) is 8.28. The zero-order valence-electron chi connectivity index (χ0n) is 7.51. The van der Waals surface area contributed by atoms with E-state index in [2.05, 4.69) is 30.3 Å². The van der Waals surface area contributed by atoms with Crippen LogP contribution in [0, 0.1) is 11.5 Å². The van der Waals surface area contributed by atoms with E-state index < -0.39 is 0 Å². The maximum Gasteiger partial charge on any atom is 0.210 e.